The van der Waals surface area contributed by atoms with Gasteiger partial charge in [0.05, 0.1) is 0 Å². The number of carbonyl (C=O) groups is 1. The summed E-state index contributed by atoms with van der Waals surface area (Å²) < 4.78 is 0. The fourth-order valence-electron chi connectivity index (χ4n) is 3.17. The summed E-state index contributed by atoms with van der Waals surface area (Å²) in [6.45, 7) is 7.55. The Hall–Kier alpha value is -0.530. The number of rotatable bonds is 8. The van der Waals surface area contributed by atoms with Gasteiger partial charge in [0.1, 0.15) is 0 Å². The van der Waals surface area contributed by atoms with Crippen molar-refractivity contribution in [2.75, 3.05) is 6.54 Å². The van der Waals surface area contributed by atoms with E-state index < -0.39 is 0 Å². The molecule has 1 rings (SSSR count). The van der Waals surface area contributed by atoms with Crippen LogP contribution < -0.4 is 5.32 Å². The molecule has 2 nitrogen and oxygen atoms in total. The molecule has 1 aliphatic rings. The lowest BCUT2D eigenvalue weighted by molar-refractivity contribution is -0.126. The van der Waals surface area contributed by atoms with Crippen LogP contribution in [0.1, 0.15) is 78.6 Å². The summed E-state index contributed by atoms with van der Waals surface area (Å²) in [4.78, 5) is 12.1. The largest absolute Gasteiger partial charge is 0.356 e. The molecule has 0 aromatic carbocycles. The molecule has 0 aromatic heterocycles. The third-order valence-electron chi connectivity index (χ3n) is 4.90. The maximum atomic E-state index is 12.1. The second-order valence-corrected chi connectivity index (χ2v) is 6.29. The first-order chi connectivity index (χ1) is 9.21. The fourth-order valence-corrected chi connectivity index (χ4v) is 3.17. The first kappa shape index (κ1) is 16.5. The van der Waals surface area contributed by atoms with Gasteiger partial charge in [0, 0.05) is 12.5 Å². The lowest BCUT2D eigenvalue weighted by Crippen LogP contribution is -2.36. The van der Waals surface area contributed by atoms with Crippen molar-refractivity contribution in [1.29, 1.82) is 0 Å². The standard InChI is InChI=1S/C17H33NO/c1-4-7-8-15-9-11-16(12-10-15)17(19)18-13-14(5-2)6-3/h14-16H,4-13H2,1-3H3,(H,18,19). The summed E-state index contributed by atoms with van der Waals surface area (Å²) in [5.74, 6) is 2.17. The van der Waals surface area contributed by atoms with E-state index in [0.717, 1.165) is 25.3 Å². The quantitative estimate of drug-likeness (QED) is 0.687. The average Bonchev–Trinajstić information content (AvgIpc) is 2.46. The molecule has 0 heterocycles. The Bertz CT molecular complexity index is 240. The second-order valence-electron chi connectivity index (χ2n) is 6.29. The molecule has 112 valence electrons. The van der Waals surface area contributed by atoms with Gasteiger partial charge in [0.25, 0.3) is 0 Å². The van der Waals surface area contributed by atoms with E-state index in [4.69, 9.17) is 0 Å². The zero-order valence-corrected chi connectivity index (χ0v) is 13.2. The monoisotopic (exact) mass is 267 g/mol. The molecule has 19 heavy (non-hydrogen) atoms. The third-order valence-corrected chi connectivity index (χ3v) is 4.90. The summed E-state index contributed by atoms with van der Waals surface area (Å²) in [5, 5.41) is 3.17. The van der Waals surface area contributed by atoms with Crippen molar-refractivity contribution >= 4 is 5.91 Å². The smallest absolute Gasteiger partial charge is 0.223 e. The highest BCUT2D eigenvalue weighted by Crippen LogP contribution is 2.31. The maximum absolute atomic E-state index is 12.1. The number of hydrogen-bond donors (Lipinski definition) is 1. The normalized spacial score (nSPS) is 23.6. The van der Waals surface area contributed by atoms with Crippen molar-refractivity contribution in [1.82, 2.24) is 5.32 Å². The Morgan fingerprint density at radius 2 is 1.74 bits per heavy atom. The second kappa shape index (κ2) is 9.39. The van der Waals surface area contributed by atoms with Gasteiger partial charge in [-0.25, -0.2) is 0 Å². The van der Waals surface area contributed by atoms with E-state index in [9.17, 15) is 4.79 Å². The van der Waals surface area contributed by atoms with Crippen LogP contribution in [0.3, 0.4) is 0 Å². The van der Waals surface area contributed by atoms with Crippen molar-refractivity contribution in [2.24, 2.45) is 17.8 Å². The van der Waals surface area contributed by atoms with E-state index in [1.165, 1.54) is 44.9 Å². The van der Waals surface area contributed by atoms with Crippen molar-refractivity contribution in [2.45, 2.75) is 78.6 Å². The van der Waals surface area contributed by atoms with Crippen molar-refractivity contribution < 1.29 is 4.79 Å². The number of amides is 1. The molecule has 0 spiro atoms. The van der Waals surface area contributed by atoms with Crippen molar-refractivity contribution in [3.05, 3.63) is 0 Å². The van der Waals surface area contributed by atoms with Gasteiger partial charge in [-0.15, -0.1) is 0 Å². The van der Waals surface area contributed by atoms with Crippen LogP contribution in [0.25, 0.3) is 0 Å². The third kappa shape index (κ3) is 5.97. The van der Waals surface area contributed by atoms with Crippen LogP contribution in [0, 0.1) is 17.8 Å². The summed E-state index contributed by atoms with van der Waals surface area (Å²) in [7, 11) is 0. The van der Waals surface area contributed by atoms with E-state index in [1.807, 2.05) is 0 Å². The zero-order chi connectivity index (χ0) is 14.1. The molecule has 0 bridgehead atoms. The van der Waals surface area contributed by atoms with Crippen LogP contribution >= 0.6 is 0 Å². The van der Waals surface area contributed by atoms with E-state index in [2.05, 4.69) is 26.1 Å². The van der Waals surface area contributed by atoms with Crippen molar-refractivity contribution in [3.8, 4) is 0 Å². The summed E-state index contributed by atoms with van der Waals surface area (Å²) in [6, 6.07) is 0. The zero-order valence-electron chi connectivity index (χ0n) is 13.2. The first-order valence-corrected chi connectivity index (χ1v) is 8.48. The predicted octanol–water partition coefficient (Wildman–Crippen LogP) is 4.54. The summed E-state index contributed by atoms with van der Waals surface area (Å²) in [5.41, 5.74) is 0. The van der Waals surface area contributed by atoms with Crippen LogP contribution in [-0.2, 0) is 4.79 Å². The van der Waals surface area contributed by atoms with Gasteiger partial charge in [0.15, 0.2) is 0 Å². The number of unbranched alkanes of at least 4 members (excludes halogenated alkanes) is 1. The van der Waals surface area contributed by atoms with Crippen molar-refractivity contribution in [3.63, 3.8) is 0 Å². The molecule has 0 aliphatic heterocycles. The van der Waals surface area contributed by atoms with E-state index in [-0.39, 0.29) is 0 Å². The molecular weight excluding hydrogens is 234 g/mol. The van der Waals surface area contributed by atoms with Gasteiger partial charge >= 0.3 is 0 Å². The van der Waals surface area contributed by atoms with Crippen LogP contribution in [-0.4, -0.2) is 12.5 Å². The Labute approximate surface area is 119 Å². The van der Waals surface area contributed by atoms with E-state index in [0.29, 0.717) is 17.7 Å². The molecule has 1 N–H and O–H groups in total. The van der Waals surface area contributed by atoms with Crippen LogP contribution in [0.5, 0.6) is 0 Å². The molecule has 1 fully saturated rings. The highest BCUT2D eigenvalue weighted by atomic mass is 16.1. The topological polar surface area (TPSA) is 29.1 Å². The minimum Gasteiger partial charge on any atom is -0.356 e. The minimum absolute atomic E-state index is 0.298. The van der Waals surface area contributed by atoms with Crippen LogP contribution in [0.4, 0.5) is 0 Å². The molecular formula is C17H33NO. The first-order valence-electron chi connectivity index (χ1n) is 8.48. The molecule has 2 heteroatoms. The molecule has 0 aromatic rings. The minimum atomic E-state index is 0.298. The average molecular weight is 267 g/mol. The summed E-state index contributed by atoms with van der Waals surface area (Å²) >= 11 is 0. The van der Waals surface area contributed by atoms with Gasteiger partial charge in [-0.2, -0.15) is 0 Å². The van der Waals surface area contributed by atoms with Crippen LogP contribution in [0.2, 0.25) is 0 Å². The molecule has 1 aliphatic carbocycles. The van der Waals surface area contributed by atoms with Gasteiger partial charge in [0.2, 0.25) is 5.91 Å². The number of nitrogens with one attached hydrogen (secondary N) is 1. The Kier molecular flexibility index (Phi) is 8.16. The number of carbonyl (C=O) groups excluding carboxylic acids is 1. The van der Waals surface area contributed by atoms with E-state index >= 15 is 0 Å². The number of hydrogen-bond acceptors (Lipinski definition) is 1. The highest BCUT2D eigenvalue weighted by Gasteiger charge is 2.25. The van der Waals surface area contributed by atoms with Crippen LogP contribution in [0.15, 0.2) is 0 Å². The lowest BCUT2D eigenvalue weighted by atomic mass is 9.79. The maximum Gasteiger partial charge on any atom is 0.223 e. The van der Waals surface area contributed by atoms with Gasteiger partial charge < -0.3 is 5.32 Å². The Balaban J connectivity index is 2.21. The lowest BCUT2D eigenvalue weighted by Gasteiger charge is -2.28. The van der Waals surface area contributed by atoms with Gasteiger partial charge in [-0.05, 0) is 37.5 Å². The molecule has 1 saturated carbocycles. The highest BCUT2D eigenvalue weighted by molar-refractivity contribution is 5.78. The van der Waals surface area contributed by atoms with E-state index in [1.54, 1.807) is 0 Å². The van der Waals surface area contributed by atoms with Gasteiger partial charge in [-0.1, -0.05) is 52.9 Å². The molecule has 0 atom stereocenters. The molecule has 0 unspecified atom stereocenters. The molecule has 0 radical (unpaired) electrons. The van der Waals surface area contributed by atoms with Gasteiger partial charge in [-0.3, -0.25) is 4.79 Å². The summed E-state index contributed by atoms with van der Waals surface area (Å²) in [6.07, 6.45) is 11.1. The fraction of sp³-hybridized carbons (Fsp3) is 0.941. The Morgan fingerprint density at radius 1 is 1.11 bits per heavy atom. The predicted molar refractivity (Wildman–Crippen MR) is 82.1 cm³/mol. The Morgan fingerprint density at radius 3 is 2.26 bits per heavy atom. The SMILES string of the molecule is CCCCC1CCC(C(=O)NCC(CC)CC)CC1. The molecule has 0 saturated heterocycles. The molecule has 1 amide bonds.